The Morgan fingerprint density at radius 3 is 2.30 bits per heavy atom. The lowest BCUT2D eigenvalue weighted by molar-refractivity contribution is -0.135. The highest BCUT2D eigenvalue weighted by atomic mass is 19.2. The van der Waals surface area contributed by atoms with Gasteiger partial charge in [0.25, 0.3) is 5.91 Å². The molecule has 1 saturated heterocycles. The van der Waals surface area contributed by atoms with E-state index in [1.165, 1.54) is 37.0 Å². The fourth-order valence-corrected chi connectivity index (χ4v) is 5.29. The molecule has 0 aliphatic carbocycles. The number of hydrogen-bond acceptors (Lipinski definition) is 7. The Balaban J connectivity index is 1.54. The second-order valence-electron chi connectivity index (χ2n) is 14.1. The number of rotatable bonds is 12. The average Bonchev–Trinajstić information content (AvgIpc) is 3.49. The molecule has 50 heavy (non-hydrogen) atoms. The van der Waals surface area contributed by atoms with Gasteiger partial charge >= 0.3 is 6.09 Å². The molecule has 0 saturated carbocycles. The third-order valence-electron chi connectivity index (χ3n) is 8.14. The maximum Gasteiger partial charge on any atom is 0.408 e. The molecule has 1 fully saturated rings. The fraction of sp³-hybridized carbons (Fsp3) is 0.472. The van der Waals surface area contributed by atoms with Crippen molar-refractivity contribution in [2.75, 3.05) is 25.0 Å². The predicted octanol–water partition coefficient (Wildman–Crippen LogP) is 4.95. The van der Waals surface area contributed by atoms with Crippen LogP contribution >= 0.6 is 0 Å². The second-order valence-corrected chi connectivity index (χ2v) is 14.1. The summed E-state index contributed by atoms with van der Waals surface area (Å²) >= 11 is 0. The first-order valence-corrected chi connectivity index (χ1v) is 16.5. The van der Waals surface area contributed by atoms with Crippen LogP contribution in [0.5, 0.6) is 0 Å². The van der Waals surface area contributed by atoms with E-state index in [1.807, 2.05) is 30.3 Å². The van der Waals surface area contributed by atoms with Crippen LogP contribution in [-0.4, -0.2) is 75.1 Å². The summed E-state index contributed by atoms with van der Waals surface area (Å²) in [5.74, 6) is -3.34. The lowest BCUT2D eigenvalue weighted by Crippen LogP contribution is -2.59. The highest BCUT2D eigenvalue weighted by molar-refractivity contribution is 5.98. The van der Waals surface area contributed by atoms with Crippen molar-refractivity contribution in [2.45, 2.75) is 84.2 Å². The molecule has 4 rings (SSSR count). The van der Waals surface area contributed by atoms with E-state index in [9.17, 15) is 28.0 Å². The molecule has 2 aromatic carbocycles. The molecule has 4 amide bonds. The summed E-state index contributed by atoms with van der Waals surface area (Å²) in [7, 11) is 0. The minimum atomic E-state index is -1.48. The molecule has 12 nitrogen and oxygen atoms in total. The lowest BCUT2D eigenvalue weighted by atomic mass is 9.97. The van der Waals surface area contributed by atoms with Gasteiger partial charge in [-0.3, -0.25) is 14.4 Å². The van der Waals surface area contributed by atoms with Gasteiger partial charge in [0.15, 0.2) is 17.5 Å². The topological polar surface area (TPSA) is 144 Å². The summed E-state index contributed by atoms with van der Waals surface area (Å²) in [4.78, 5) is 59.2. The number of anilines is 1. The first kappa shape index (κ1) is 38.0. The summed E-state index contributed by atoms with van der Waals surface area (Å²) in [6.45, 7) is 11.1. The summed E-state index contributed by atoms with van der Waals surface area (Å²) in [5, 5.41) is 7.82. The van der Waals surface area contributed by atoms with E-state index < -0.39 is 52.8 Å². The Morgan fingerprint density at radius 1 is 0.980 bits per heavy atom. The van der Waals surface area contributed by atoms with Crippen LogP contribution in [0.4, 0.5) is 19.4 Å². The van der Waals surface area contributed by atoms with Gasteiger partial charge in [-0.1, -0.05) is 43.3 Å². The number of hydrogen-bond donors (Lipinski definition) is 3. The molecule has 1 aliphatic rings. The van der Waals surface area contributed by atoms with Crippen LogP contribution in [0.25, 0.3) is 0 Å². The third kappa shape index (κ3) is 10.6. The number of ether oxygens (including phenoxy) is 2. The highest BCUT2D eigenvalue weighted by Crippen LogP contribution is 2.27. The molecule has 0 spiro atoms. The zero-order valence-corrected chi connectivity index (χ0v) is 29.3. The minimum absolute atomic E-state index is 0.0381. The number of carbonyl (C=O) groups excluding carboxylic acids is 4. The van der Waals surface area contributed by atoms with Gasteiger partial charge in [-0.2, -0.15) is 0 Å². The van der Waals surface area contributed by atoms with Crippen molar-refractivity contribution in [3.8, 4) is 0 Å². The van der Waals surface area contributed by atoms with E-state index in [1.54, 1.807) is 25.7 Å². The van der Waals surface area contributed by atoms with Gasteiger partial charge in [0.1, 0.15) is 23.2 Å². The molecule has 1 aliphatic heterocycles. The zero-order valence-electron chi connectivity index (χ0n) is 29.3. The Kier molecular flexibility index (Phi) is 12.3. The lowest BCUT2D eigenvalue weighted by Gasteiger charge is -2.33. The Labute approximate surface area is 290 Å². The van der Waals surface area contributed by atoms with Crippen molar-refractivity contribution in [1.29, 1.82) is 0 Å². The largest absolute Gasteiger partial charge is 0.444 e. The van der Waals surface area contributed by atoms with E-state index in [4.69, 9.17) is 9.47 Å². The van der Waals surface area contributed by atoms with Crippen LogP contribution in [0.15, 0.2) is 61.1 Å². The molecule has 0 radical (unpaired) electrons. The van der Waals surface area contributed by atoms with Crippen LogP contribution in [0.2, 0.25) is 0 Å². The van der Waals surface area contributed by atoms with Gasteiger partial charge in [0, 0.05) is 19.3 Å². The SMILES string of the molecule is CC1CCN(C(=O)C(c2ccc(F)c(F)c2)n2cnc(NC(=O)[C@@H](COCc3ccccc3)NC(=O)C(C)(C)NC(=O)OC(C)(C)C)c2)CC1. The first-order chi connectivity index (χ1) is 23.5. The monoisotopic (exact) mass is 696 g/mol. The van der Waals surface area contributed by atoms with E-state index in [2.05, 4.69) is 27.9 Å². The summed E-state index contributed by atoms with van der Waals surface area (Å²) in [6.07, 6.45) is 3.54. The van der Waals surface area contributed by atoms with Crippen molar-refractivity contribution in [1.82, 2.24) is 25.1 Å². The molecule has 2 heterocycles. The van der Waals surface area contributed by atoms with Crippen molar-refractivity contribution in [2.24, 2.45) is 5.92 Å². The predicted molar refractivity (Wildman–Crippen MR) is 182 cm³/mol. The normalized spacial score (nSPS) is 15.2. The minimum Gasteiger partial charge on any atom is -0.444 e. The molecule has 3 N–H and O–H groups in total. The van der Waals surface area contributed by atoms with E-state index in [0.29, 0.717) is 19.0 Å². The maximum atomic E-state index is 14.4. The number of nitrogens with one attached hydrogen (secondary N) is 3. The number of alkyl carbamates (subject to hydrolysis) is 1. The van der Waals surface area contributed by atoms with Crippen LogP contribution in [0.3, 0.4) is 0 Å². The summed E-state index contributed by atoms with van der Waals surface area (Å²) < 4.78 is 40.7. The number of likely N-dealkylation sites (tertiary alicyclic amines) is 1. The van der Waals surface area contributed by atoms with Gasteiger partial charge < -0.3 is 34.9 Å². The van der Waals surface area contributed by atoms with Gasteiger partial charge in [-0.05, 0) is 76.6 Å². The Bertz CT molecular complexity index is 1650. The zero-order chi connectivity index (χ0) is 36.6. The number of piperidine rings is 1. The van der Waals surface area contributed by atoms with Crippen LogP contribution in [-0.2, 0) is 30.5 Å². The number of benzene rings is 2. The molecular formula is C36H46F2N6O6. The van der Waals surface area contributed by atoms with Gasteiger partial charge in [-0.15, -0.1) is 0 Å². The third-order valence-corrected chi connectivity index (χ3v) is 8.14. The first-order valence-electron chi connectivity index (χ1n) is 16.5. The highest BCUT2D eigenvalue weighted by Gasteiger charge is 2.35. The fourth-order valence-electron chi connectivity index (χ4n) is 5.29. The Morgan fingerprint density at radius 2 is 1.66 bits per heavy atom. The maximum absolute atomic E-state index is 14.4. The molecule has 14 heteroatoms. The molecule has 2 atom stereocenters. The molecule has 3 aromatic rings. The van der Waals surface area contributed by atoms with E-state index in [-0.39, 0.29) is 30.5 Å². The van der Waals surface area contributed by atoms with Crippen molar-refractivity contribution in [3.63, 3.8) is 0 Å². The van der Waals surface area contributed by atoms with Crippen LogP contribution in [0.1, 0.15) is 71.6 Å². The summed E-state index contributed by atoms with van der Waals surface area (Å²) in [6, 6.07) is 10.2. The van der Waals surface area contributed by atoms with Crippen molar-refractivity contribution >= 4 is 29.6 Å². The van der Waals surface area contributed by atoms with Crippen molar-refractivity contribution < 1.29 is 37.4 Å². The summed E-state index contributed by atoms with van der Waals surface area (Å²) in [5.41, 5.74) is -1.22. The average molecular weight is 697 g/mol. The number of halogens is 2. The standard InChI is InChI=1S/C36H46F2N6O6/c1-23-14-16-43(17-15-23)32(46)30(25-12-13-26(37)27(38)18-25)44-19-29(39-22-44)41-31(45)28(21-49-20-24-10-8-7-9-11-24)40-33(47)36(5,6)42-34(48)50-35(2,3)4/h7-13,18-19,22-23,28,30H,14-17,20-21H2,1-6H3,(H,40,47)(H,41,45)(H,42,48)/t28-,30?/m1/s1. The molecule has 1 aromatic heterocycles. The van der Waals surface area contributed by atoms with Crippen molar-refractivity contribution in [3.05, 3.63) is 83.8 Å². The quantitative estimate of drug-likeness (QED) is 0.243. The number of nitrogens with zero attached hydrogens (tertiary/aromatic N) is 3. The van der Waals surface area contributed by atoms with E-state index >= 15 is 0 Å². The Hall–Kier alpha value is -4.85. The molecule has 1 unspecified atom stereocenters. The number of aromatic nitrogens is 2. The van der Waals surface area contributed by atoms with Gasteiger partial charge in [0.05, 0.1) is 19.5 Å². The molecular weight excluding hydrogens is 650 g/mol. The number of amides is 4. The smallest absolute Gasteiger partial charge is 0.408 e. The van der Waals surface area contributed by atoms with Crippen LogP contribution < -0.4 is 16.0 Å². The number of carbonyl (C=O) groups is 4. The molecule has 270 valence electrons. The van der Waals surface area contributed by atoms with Gasteiger partial charge in [0.2, 0.25) is 11.8 Å². The van der Waals surface area contributed by atoms with E-state index in [0.717, 1.165) is 30.5 Å². The van der Waals surface area contributed by atoms with Crippen LogP contribution in [0, 0.1) is 17.6 Å². The molecule has 0 bridgehead atoms. The van der Waals surface area contributed by atoms with Gasteiger partial charge in [-0.25, -0.2) is 18.6 Å². The second kappa shape index (κ2) is 16.2. The number of imidazole rings is 1.